The fourth-order valence-electron chi connectivity index (χ4n) is 1.91. The van der Waals surface area contributed by atoms with Gasteiger partial charge in [0.1, 0.15) is 0 Å². The zero-order chi connectivity index (χ0) is 10.3. The molecule has 0 fully saturated rings. The first-order valence-electron chi connectivity index (χ1n) is 4.36. The van der Waals surface area contributed by atoms with Crippen molar-refractivity contribution in [2.24, 2.45) is 5.73 Å². The zero-order valence-electron chi connectivity index (χ0n) is 7.43. The topological polar surface area (TPSA) is 89.4 Å². The highest BCUT2D eigenvalue weighted by molar-refractivity contribution is 5.57. The number of hydrogen-bond donors (Lipinski definition) is 2. The Balaban J connectivity index is 2.65. The minimum atomic E-state index is -0.549. The third kappa shape index (κ3) is 1.13. The van der Waals surface area contributed by atoms with E-state index in [2.05, 4.69) is 0 Å². The molecular formula is C9H10N2O3. The molecule has 0 aromatic heterocycles. The molecule has 0 radical (unpaired) electrons. The Morgan fingerprint density at radius 2 is 2.29 bits per heavy atom. The largest absolute Gasteiger partial charge is 0.502 e. The number of benzene rings is 1. The van der Waals surface area contributed by atoms with E-state index in [1.807, 2.05) is 0 Å². The number of rotatable bonds is 1. The van der Waals surface area contributed by atoms with Gasteiger partial charge in [0.05, 0.1) is 4.92 Å². The standard InChI is InChI=1S/C9H10N2O3/c10-7-3-1-6-5(7)2-4-8(12)9(6)11(13)14/h2,4,7,12H,1,3,10H2/t7-/m1/s1. The van der Waals surface area contributed by atoms with E-state index in [4.69, 9.17) is 5.73 Å². The Hall–Kier alpha value is -1.62. The van der Waals surface area contributed by atoms with Crippen molar-refractivity contribution >= 4 is 5.69 Å². The van der Waals surface area contributed by atoms with E-state index in [9.17, 15) is 15.2 Å². The molecule has 2 rings (SSSR count). The number of nitro groups is 1. The van der Waals surface area contributed by atoms with Crippen LogP contribution in [0.25, 0.3) is 0 Å². The van der Waals surface area contributed by atoms with Crippen molar-refractivity contribution in [2.75, 3.05) is 0 Å². The lowest BCUT2D eigenvalue weighted by atomic mass is 10.1. The van der Waals surface area contributed by atoms with Gasteiger partial charge in [0.15, 0.2) is 5.75 Å². The molecule has 74 valence electrons. The van der Waals surface area contributed by atoms with E-state index >= 15 is 0 Å². The summed E-state index contributed by atoms with van der Waals surface area (Å²) < 4.78 is 0. The summed E-state index contributed by atoms with van der Waals surface area (Å²) in [6.45, 7) is 0. The van der Waals surface area contributed by atoms with Gasteiger partial charge in [-0.05, 0) is 24.5 Å². The number of phenolic OH excluding ortho intramolecular Hbond substituents is 1. The van der Waals surface area contributed by atoms with E-state index < -0.39 is 4.92 Å². The molecule has 1 atom stereocenters. The van der Waals surface area contributed by atoms with Gasteiger partial charge in [0, 0.05) is 11.6 Å². The zero-order valence-corrected chi connectivity index (χ0v) is 7.43. The fraction of sp³-hybridized carbons (Fsp3) is 0.333. The Morgan fingerprint density at radius 3 is 2.93 bits per heavy atom. The molecule has 0 saturated carbocycles. The van der Waals surface area contributed by atoms with Gasteiger partial charge >= 0.3 is 5.69 Å². The van der Waals surface area contributed by atoms with Crippen LogP contribution in [0.5, 0.6) is 5.75 Å². The van der Waals surface area contributed by atoms with Crippen LogP contribution in [0, 0.1) is 10.1 Å². The maximum Gasteiger partial charge on any atom is 0.314 e. The Morgan fingerprint density at radius 1 is 1.57 bits per heavy atom. The van der Waals surface area contributed by atoms with Gasteiger partial charge in [-0.1, -0.05) is 6.07 Å². The maximum absolute atomic E-state index is 10.7. The summed E-state index contributed by atoms with van der Waals surface area (Å²) in [5.41, 5.74) is 6.95. The SMILES string of the molecule is N[C@@H]1CCc2c1ccc(O)c2[N+](=O)[O-]. The molecule has 0 heterocycles. The van der Waals surface area contributed by atoms with Gasteiger partial charge < -0.3 is 10.8 Å². The van der Waals surface area contributed by atoms with Crippen LogP contribution in [-0.2, 0) is 6.42 Å². The van der Waals surface area contributed by atoms with Gasteiger partial charge in [-0.2, -0.15) is 0 Å². The number of aromatic hydroxyl groups is 1. The quantitative estimate of drug-likeness (QED) is 0.520. The Labute approximate surface area is 80.3 Å². The molecule has 1 aromatic rings. The molecule has 0 bridgehead atoms. The van der Waals surface area contributed by atoms with Crippen molar-refractivity contribution in [3.8, 4) is 5.75 Å². The van der Waals surface area contributed by atoms with E-state index in [-0.39, 0.29) is 17.5 Å². The van der Waals surface area contributed by atoms with E-state index in [1.165, 1.54) is 6.07 Å². The van der Waals surface area contributed by atoms with Crippen LogP contribution in [0.4, 0.5) is 5.69 Å². The minimum Gasteiger partial charge on any atom is -0.502 e. The molecule has 5 nitrogen and oxygen atoms in total. The number of nitrogens with zero attached hydrogens (tertiary/aromatic N) is 1. The summed E-state index contributed by atoms with van der Waals surface area (Å²) in [5.74, 6) is -0.275. The van der Waals surface area contributed by atoms with E-state index in [1.54, 1.807) is 6.07 Å². The monoisotopic (exact) mass is 194 g/mol. The third-order valence-corrected chi connectivity index (χ3v) is 2.59. The second-order valence-electron chi connectivity index (χ2n) is 3.40. The normalized spacial score (nSPS) is 19.4. The summed E-state index contributed by atoms with van der Waals surface area (Å²) in [6, 6.07) is 2.86. The Kier molecular flexibility index (Phi) is 1.89. The second kappa shape index (κ2) is 2.95. The van der Waals surface area contributed by atoms with Gasteiger partial charge in [0.2, 0.25) is 0 Å². The van der Waals surface area contributed by atoms with Crippen LogP contribution in [0.2, 0.25) is 0 Å². The molecule has 1 aliphatic rings. The molecule has 14 heavy (non-hydrogen) atoms. The van der Waals surface area contributed by atoms with Crippen LogP contribution in [0.3, 0.4) is 0 Å². The van der Waals surface area contributed by atoms with Crippen molar-refractivity contribution in [2.45, 2.75) is 18.9 Å². The summed E-state index contributed by atoms with van der Waals surface area (Å²) in [5, 5.41) is 20.0. The lowest BCUT2D eigenvalue weighted by Gasteiger charge is -2.05. The van der Waals surface area contributed by atoms with E-state index in [0.717, 1.165) is 5.56 Å². The van der Waals surface area contributed by atoms with Crippen molar-refractivity contribution in [3.63, 3.8) is 0 Å². The molecule has 0 unspecified atom stereocenters. The van der Waals surface area contributed by atoms with Crippen LogP contribution in [0.1, 0.15) is 23.6 Å². The van der Waals surface area contributed by atoms with Crippen LogP contribution in [0.15, 0.2) is 12.1 Å². The molecule has 0 aliphatic heterocycles. The number of nitro benzene ring substituents is 1. The second-order valence-corrected chi connectivity index (χ2v) is 3.40. The average Bonchev–Trinajstić information content (AvgIpc) is 2.47. The smallest absolute Gasteiger partial charge is 0.314 e. The van der Waals surface area contributed by atoms with Gasteiger partial charge in [-0.15, -0.1) is 0 Å². The predicted molar refractivity (Wildman–Crippen MR) is 50.0 cm³/mol. The van der Waals surface area contributed by atoms with Gasteiger partial charge in [0.25, 0.3) is 0 Å². The highest BCUT2D eigenvalue weighted by Crippen LogP contribution is 2.40. The van der Waals surface area contributed by atoms with E-state index in [0.29, 0.717) is 18.4 Å². The molecule has 5 heteroatoms. The highest BCUT2D eigenvalue weighted by Gasteiger charge is 2.29. The third-order valence-electron chi connectivity index (χ3n) is 2.59. The van der Waals surface area contributed by atoms with Crippen LogP contribution in [-0.4, -0.2) is 10.0 Å². The number of hydrogen-bond acceptors (Lipinski definition) is 4. The molecular weight excluding hydrogens is 184 g/mol. The lowest BCUT2D eigenvalue weighted by Crippen LogP contribution is -2.05. The first kappa shape index (κ1) is 8.96. The molecule has 3 N–H and O–H groups in total. The van der Waals surface area contributed by atoms with Crippen LogP contribution < -0.4 is 5.73 Å². The summed E-state index contributed by atoms with van der Waals surface area (Å²) in [4.78, 5) is 10.1. The predicted octanol–water partition coefficient (Wildman–Crippen LogP) is 1.25. The molecule has 0 spiro atoms. The molecule has 0 saturated heterocycles. The van der Waals surface area contributed by atoms with Crippen molar-refractivity contribution in [3.05, 3.63) is 33.4 Å². The average molecular weight is 194 g/mol. The number of nitrogens with two attached hydrogens (primary N) is 1. The molecule has 1 aliphatic carbocycles. The minimum absolute atomic E-state index is 0.135. The summed E-state index contributed by atoms with van der Waals surface area (Å²) in [7, 11) is 0. The first-order chi connectivity index (χ1) is 6.61. The maximum atomic E-state index is 10.7. The van der Waals surface area contributed by atoms with Gasteiger partial charge in [-0.3, -0.25) is 10.1 Å². The summed E-state index contributed by atoms with van der Waals surface area (Å²) in [6.07, 6.45) is 1.28. The lowest BCUT2D eigenvalue weighted by molar-refractivity contribution is -0.386. The van der Waals surface area contributed by atoms with Crippen molar-refractivity contribution in [1.29, 1.82) is 0 Å². The van der Waals surface area contributed by atoms with Gasteiger partial charge in [-0.25, -0.2) is 0 Å². The fourth-order valence-corrected chi connectivity index (χ4v) is 1.91. The number of fused-ring (bicyclic) bond motifs is 1. The first-order valence-corrected chi connectivity index (χ1v) is 4.36. The number of phenols is 1. The molecule has 0 amide bonds. The van der Waals surface area contributed by atoms with Crippen molar-refractivity contribution < 1.29 is 10.0 Å². The Bertz CT molecular complexity index is 403. The van der Waals surface area contributed by atoms with Crippen molar-refractivity contribution in [1.82, 2.24) is 0 Å². The molecule has 1 aromatic carbocycles. The van der Waals surface area contributed by atoms with Crippen LogP contribution >= 0.6 is 0 Å². The summed E-state index contributed by atoms with van der Waals surface area (Å²) >= 11 is 0. The highest BCUT2D eigenvalue weighted by atomic mass is 16.6.